The fraction of sp³-hybridized carbons (Fsp3) is 0.929. The molecule has 4 atom stereocenters. The zero-order valence-electron chi connectivity index (χ0n) is 11.4. The van der Waals surface area contributed by atoms with Gasteiger partial charge in [-0.25, -0.2) is 0 Å². The Morgan fingerprint density at radius 1 is 1.41 bits per heavy atom. The minimum Gasteiger partial charge on any atom is -0.325 e. The zero-order chi connectivity index (χ0) is 12.4. The summed E-state index contributed by atoms with van der Waals surface area (Å²) in [5, 5.41) is 3.40. The third-order valence-electron chi connectivity index (χ3n) is 4.71. The van der Waals surface area contributed by atoms with Crippen LogP contribution in [-0.2, 0) is 4.79 Å². The fourth-order valence-electron chi connectivity index (χ4n) is 3.26. The van der Waals surface area contributed by atoms with Gasteiger partial charge in [-0.3, -0.25) is 10.1 Å². The van der Waals surface area contributed by atoms with Crippen molar-refractivity contribution in [2.24, 2.45) is 11.8 Å². The molecule has 1 amide bonds. The maximum Gasteiger partial charge on any atom is 0.241 e. The van der Waals surface area contributed by atoms with Crippen LogP contribution in [0.1, 0.15) is 52.9 Å². The second kappa shape index (κ2) is 5.38. The summed E-state index contributed by atoms with van der Waals surface area (Å²) in [4.78, 5) is 14.5. The number of nitrogens with one attached hydrogen (secondary N) is 1. The van der Waals surface area contributed by atoms with Crippen LogP contribution < -0.4 is 5.32 Å². The number of hydrogen-bond acceptors (Lipinski definition) is 2. The van der Waals surface area contributed by atoms with E-state index >= 15 is 0 Å². The first-order valence-corrected chi connectivity index (χ1v) is 7.19. The lowest BCUT2D eigenvalue weighted by Gasteiger charge is -2.36. The Morgan fingerprint density at radius 3 is 2.76 bits per heavy atom. The van der Waals surface area contributed by atoms with E-state index in [0.29, 0.717) is 23.8 Å². The lowest BCUT2D eigenvalue weighted by Crippen LogP contribution is -2.44. The lowest BCUT2D eigenvalue weighted by molar-refractivity contribution is -0.133. The van der Waals surface area contributed by atoms with Crippen molar-refractivity contribution in [1.29, 1.82) is 0 Å². The van der Waals surface area contributed by atoms with Crippen LogP contribution >= 0.6 is 0 Å². The first kappa shape index (κ1) is 12.9. The second-order valence-corrected chi connectivity index (χ2v) is 5.86. The van der Waals surface area contributed by atoms with Crippen molar-refractivity contribution in [1.82, 2.24) is 10.2 Å². The maximum atomic E-state index is 12.4. The number of hydrogen-bond donors (Lipinski definition) is 1. The van der Waals surface area contributed by atoms with Crippen molar-refractivity contribution in [2.75, 3.05) is 6.67 Å². The average molecular weight is 238 g/mol. The molecular weight excluding hydrogens is 212 g/mol. The molecule has 2 aliphatic rings. The Kier molecular flexibility index (Phi) is 4.08. The van der Waals surface area contributed by atoms with Crippen LogP contribution in [0.4, 0.5) is 0 Å². The van der Waals surface area contributed by atoms with Crippen molar-refractivity contribution >= 4 is 5.91 Å². The van der Waals surface area contributed by atoms with E-state index in [4.69, 9.17) is 0 Å². The highest BCUT2D eigenvalue weighted by molar-refractivity contribution is 5.84. The monoisotopic (exact) mass is 238 g/mol. The van der Waals surface area contributed by atoms with Gasteiger partial charge >= 0.3 is 0 Å². The van der Waals surface area contributed by atoms with Crippen LogP contribution in [0.15, 0.2) is 0 Å². The van der Waals surface area contributed by atoms with E-state index in [-0.39, 0.29) is 6.04 Å². The molecule has 1 aliphatic heterocycles. The van der Waals surface area contributed by atoms with Gasteiger partial charge in [0, 0.05) is 6.04 Å². The first-order chi connectivity index (χ1) is 8.15. The van der Waals surface area contributed by atoms with Gasteiger partial charge in [-0.05, 0) is 24.7 Å². The predicted molar refractivity (Wildman–Crippen MR) is 69.5 cm³/mol. The van der Waals surface area contributed by atoms with Crippen molar-refractivity contribution < 1.29 is 4.79 Å². The van der Waals surface area contributed by atoms with Gasteiger partial charge in [-0.2, -0.15) is 0 Å². The van der Waals surface area contributed by atoms with E-state index < -0.39 is 0 Å². The van der Waals surface area contributed by atoms with Gasteiger partial charge in [0.15, 0.2) is 0 Å². The maximum absolute atomic E-state index is 12.4. The zero-order valence-corrected chi connectivity index (χ0v) is 11.4. The van der Waals surface area contributed by atoms with Crippen molar-refractivity contribution in [3.05, 3.63) is 0 Å². The second-order valence-electron chi connectivity index (χ2n) is 5.86. The van der Waals surface area contributed by atoms with Gasteiger partial charge in [-0.1, -0.05) is 40.0 Å². The molecule has 2 fully saturated rings. The van der Waals surface area contributed by atoms with Gasteiger partial charge in [0.25, 0.3) is 0 Å². The molecule has 0 radical (unpaired) electrons. The minimum atomic E-state index is 0.0640. The predicted octanol–water partition coefficient (Wildman–Crippen LogP) is 2.37. The molecule has 1 N–H and O–H groups in total. The lowest BCUT2D eigenvalue weighted by atomic mass is 9.85. The minimum absolute atomic E-state index is 0.0640. The molecule has 0 aromatic carbocycles. The highest BCUT2D eigenvalue weighted by atomic mass is 16.2. The van der Waals surface area contributed by atoms with E-state index in [0.717, 1.165) is 13.1 Å². The molecule has 1 heterocycles. The van der Waals surface area contributed by atoms with Crippen molar-refractivity contribution in [3.8, 4) is 0 Å². The first-order valence-electron chi connectivity index (χ1n) is 7.19. The van der Waals surface area contributed by atoms with Crippen LogP contribution in [0.5, 0.6) is 0 Å². The molecule has 0 aromatic heterocycles. The summed E-state index contributed by atoms with van der Waals surface area (Å²) in [7, 11) is 0. The molecule has 1 saturated carbocycles. The van der Waals surface area contributed by atoms with Crippen molar-refractivity contribution in [3.63, 3.8) is 0 Å². The molecule has 3 heteroatoms. The summed E-state index contributed by atoms with van der Waals surface area (Å²) in [6.07, 6.45) is 6.16. The van der Waals surface area contributed by atoms with Gasteiger partial charge in [0.1, 0.15) is 0 Å². The number of amides is 1. The molecule has 4 unspecified atom stereocenters. The summed E-state index contributed by atoms with van der Waals surface area (Å²) in [6.45, 7) is 7.39. The Labute approximate surface area is 105 Å². The van der Waals surface area contributed by atoms with Crippen LogP contribution in [0.2, 0.25) is 0 Å². The molecule has 1 saturated heterocycles. The highest BCUT2D eigenvalue weighted by Gasteiger charge is 2.39. The van der Waals surface area contributed by atoms with E-state index in [9.17, 15) is 4.79 Å². The average Bonchev–Trinajstić information content (AvgIpc) is 2.71. The van der Waals surface area contributed by atoms with Crippen LogP contribution in [-0.4, -0.2) is 29.6 Å². The van der Waals surface area contributed by atoms with E-state index in [2.05, 4.69) is 31.0 Å². The molecule has 17 heavy (non-hydrogen) atoms. The van der Waals surface area contributed by atoms with Gasteiger partial charge < -0.3 is 4.90 Å². The summed E-state index contributed by atoms with van der Waals surface area (Å²) < 4.78 is 0. The number of rotatable bonds is 3. The molecule has 1 aliphatic carbocycles. The Morgan fingerprint density at radius 2 is 2.12 bits per heavy atom. The third-order valence-corrected chi connectivity index (χ3v) is 4.71. The molecule has 2 rings (SSSR count). The van der Waals surface area contributed by atoms with Crippen LogP contribution in [0.25, 0.3) is 0 Å². The molecule has 3 nitrogen and oxygen atoms in total. The standard InChI is InChI=1S/C14H26N2O/c1-4-10(2)13-14(17)16(9-15-13)12-8-6-5-7-11(12)3/h10-13,15H,4-9H2,1-3H3. The largest absolute Gasteiger partial charge is 0.325 e. The molecule has 0 aromatic rings. The normalized spacial score (nSPS) is 36.3. The van der Waals surface area contributed by atoms with Gasteiger partial charge in [0.2, 0.25) is 5.91 Å². The Hall–Kier alpha value is -0.570. The SMILES string of the molecule is CCC(C)C1NCN(C2CCCCC2C)C1=O. The number of carbonyl (C=O) groups is 1. The topological polar surface area (TPSA) is 32.3 Å². The van der Waals surface area contributed by atoms with Crippen LogP contribution in [0, 0.1) is 11.8 Å². The Bertz CT molecular complexity index is 279. The summed E-state index contributed by atoms with van der Waals surface area (Å²) in [5.41, 5.74) is 0. The van der Waals surface area contributed by atoms with E-state index in [1.165, 1.54) is 25.7 Å². The quantitative estimate of drug-likeness (QED) is 0.818. The summed E-state index contributed by atoms with van der Waals surface area (Å²) >= 11 is 0. The Balaban J connectivity index is 2.01. The van der Waals surface area contributed by atoms with E-state index in [1.807, 2.05) is 0 Å². The summed E-state index contributed by atoms with van der Waals surface area (Å²) in [5.74, 6) is 1.47. The van der Waals surface area contributed by atoms with E-state index in [1.54, 1.807) is 0 Å². The molecule has 98 valence electrons. The number of carbonyl (C=O) groups excluding carboxylic acids is 1. The van der Waals surface area contributed by atoms with Gasteiger partial charge in [-0.15, -0.1) is 0 Å². The number of nitrogens with zero attached hydrogens (tertiary/aromatic N) is 1. The highest BCUT2D eigenvalue weighted by Crippen LogP contribution is 2.30. The third kappa shape index (κ3) is 2.49. The molecule has 0 bridgehead atoms. The van der Waals surface area contributed by atoms with Gasteiger partial charge in [0.05, 0.1) is 12.7 Å². The van der Waals surface area contributed by atoms with Crippen LogP contribution in [0.3, 0.4) is 0 Å². The summed E-state index contributed by atoms with van der Waals surface area (Å²) in [6, 6.07) is 0.548. The molecular formula is C14H26N2O. The fourth-order valence-corrected chi connectivity index (χ4v) is 3.26. The molecule has 0 spiro atoms. The smallest absolute Gasteiger partial charge is 0.241 e. The van der Waals surface area contributed by atoms with Crippen molar-refractivity contribution in [2.45, 2.75) is 65.0 Å².